The molecule has 0 saturated carbocycles. The highest BCUT2D eigenvalue weighted by Crippen LogP contribution is 2.30. The SMILES string of the molecule is Cc1ccc(Cn2ccc3nc4ccn(Cc5ccc6c(c5)OCCCO6)c(=O)c4cc3c2=O)cc1. The quantitative estimate of drug-likeness (QED) is 0.360. The Kier molecular flexibility index (Phi) is 5.52. The van der Waals surface area contributed by atoms with Crippen molar-refractivity contribution >= 4 is 21.8 Å². The van der Waals surface area contributed by atoms with Gasteiger partial charge in [-0.05, 0) is 48.4 Å². The summed E-state index contributed by atoms with van der Waals surface area (Å²) in [7, 11) is 0. The molecule has 36 heavy (non-hydrogen) atoms. The van der Waals surface area contributed by atoms with Gasteiger partial charge >= 0.3 is 0 Å². The number of aromatic nitrogens is 3. The zero-order valence-corrected chi connectivity index (χ0v) is 19.9. The van der Waals surface area contributed by atoms with Crippen LogP contribution in [0.5, 0.6) is 11.5 Å². The zero-order chi connectivity index (χ0) is 24.6. The highest BCUT2D eigenvalue weighted by molar-refractivity contribution is 5.91. The third-order valence-electron chi connectivity index (χ3n) is 6.53. The summed E-state index contributed by atoms with van der Waals surface area (Å²) in [5.41, 5.74) is 3.92. The van der Waals surface area contributed by atoms with Crippen LogP contribution in [-0.4, -0.2) is 27.3 Å². The smallest absolute Gasteiger partial charge is 0.260 e. The molecule has 0 atom stereocenters. The number of nitrogens with zero attached hydrogens (tertiary/aromatic N) is 3. The van der Waals surface area contributed by atoms with Crippen LogP contribution in [-0.2, 0) is 13.1 Å². The lowest BCUT2D eigenvalue weighted by Crippen LogP contribution is -2.23. The minimum absolute atomic E-state index is 0.167. The van der Waals surface area contributed by atoms with Crippen LogP contribution < -0.4 is 20.6 Å². The fourth-order valence-corrected chi connectivity index (χ4v) is 4.55. The molecule has 3 aromatic heterocycles. The molecule has 0 aliphatic carbocycles. The maximum atomic E-state index is 13.4. The first kappa shape index (κ1) is 22.1. The average molecular weight is 480 g/mol. The number of benzene rings is 2. The fraction of sp³-hybridized carbons (Fsp3) is 0.207. The van der Waals surface area contributed by atoms with Gasteiger partial charge in [0.25, 0.3) is 11.1 Å². The van der Waals surface area contributed by atoms with Gasteiger partial charge in [-0.3, -0.25) is 9.59 Å². The van der Waals surface area contributed by atoms with Gasteiger partial charge < -0.3 is 18.6 Å². The lowest BCUT2D eigenvalue weighted by Gasteiger charge is -2.12. The minimum Gasteiger partial charge on any atom is -0.490 e. The molecule has 0 radical (unpaired) electrons. The Hall–Kier alpha value is -4.39. The lowest BCUT2D eigenvalue weighted by molar-refractivity contribution is 0.297. The van der Waals surface area contributed by atoms with E-state index in [0.717, 1.165) is 23.3 Å². The van der Waals surface area contributed by atoms with Crippen molar-refractivity contribution in [2.75, 3.05) is 13.2 Å². The summed E-state index contributed by atoms with van der Waals surface area (Å²) in [4.78, 5) is 31.3. The second-order valence-electron chi connectivity index (χ2n) is 9.17. The van der Waals surface area contributed by atoms with Gasteiger partial charge in [0.2, 0.25) is 0 Å². The summed E-state index contributed by atoms with van der Waals surface area (Å²) >= 11 is 0. The number of hydrogen-bond donors (Lipinski definition) is 0. The number of rotatable bonds is 4. The maximum Gasteiger partial charge on any atom is 0.260 e. The molecule has 0 N–H and O–H groups in total. The van der Waals surface area contributed by atoms with Gasteiger partial charge in [0.05, 0.1) is 48.1 Å². The molecule has 0 saturated heterocycles. The molecule has 5 aromatic rings. The molecule has 2 aromatic carbocycles. The van der Waals surface area contributed by atoms with Gasteiger partial charge in [-0.2, -0.15) is 0 Å². The van der Waals surface area contributed by atoms with Crippen molar-refractivity contribution in [2.45, 2.75) is 26.4 Å². The Labute approximate surface area is 207 Å². The van der Waals surface area contributed by atoms with Gasteiger partial charge in [-0.15, -0.1) is 0 Å². The van der Waals surface area contributed by atoms with E-state index in [1.165, 1.54) is 5.56 Å². The van der Waals surface area contributed by atoms with E-state index >= 15 is 0 Å². The molecule has 4 heterocycles. The number of aryl methyl sites for hydroxylation is 1. The van der Waals surface area contributed by atoms with E-state index in [-0.39, 0.29) is 11.1 Å². The maximum absolute atomic E-state index is 13.4. The first-order chi connectivity index (χ1) is 17.5. The van der Waals surface area contributed by atoms with Gasteiger partial charge in [-0.1, -0.05) is 35.9 Å². The Morgan fingerprint density at radius 3 is 1.97 bits per heavy atom. The van der Waals surface area contributed by atoms with Crippen LogP contribution in [0.3, 0.4) is 0 Å². The summed E-state index contributed by atoms with van der Waals surface area (Å²) < 4.78 is 14.8. The van der Waals surface area contributed by atoms with Crippen LogP contribution >= 0.6 is 0 Å². The van der Waals surface area contributed by atoms with E-state index in [9.17, 15) is 9.59 Å². The van der Waals surface area contributed by atoms with Gasteiger partial charge in [-0.25, -0.2) is 4.98 Å². The van der Waals surface area contributed by atoms with Crippen molar-refractivity contribution in [2.24, 2.45) is 0 Å². The van der Waals surface area contributed by atoms with E-state index in [1.54, 1.807) is 27.6 Å². The summed E-state index contributed by atoms with van der Waals surface area (Å²) in [6.45, 7) is 4.09. The Balaban J connectivity index is 1.37. The van der Waals surface area contributed by atoms with Crippen molar-refractivity contribution in [1.82, 2.24) is 14.1 Å². The molecule has 7 heteroatoms. The van der Waals surface area contributed by atoms with Crippen molar-refractivity contribution < 1.29 is 9.47 Å². The van der Waals surface area contributed by atoms with Crippen LogP contribution in [0.4, 0.5) is 0 Å². The number of ether oxygens (including phenoxy) is 2. The minimum atomic E-state index is -0.192. The molecule has 1 aliphatic rings. The third kappa shape index (κ3) is 4.13. The predicted molar refractivity (Wildman–Crippen MR) is 139 cm³/mol. The van der Waals surface area contributed by atoms with Crippen molar-refractivity contribution in [3.05, 3.63) is 110 Å². The molecule has 180 valence electrons. The summed E-state index contributed by atoms with van der Waals surface area (Å²) in [5, 5.41) is 0.854. The van der Waals surface area contributed by atoms with E-state index in [1.807, 2.05) is 61.5 Å². The van der Waals surface area contributed by atoms with Crippen LogP contribution in [0.15, 0.2) is 82.6 Å². The fourth-order valence-electron chi connectivity index (χ4n) is 4.55. The molecule has 0 fully saturated rings. The van der Waals surface area contributed by atoms with Crippen molar-refractivity contribution in [3.8, 4) is 11.5 Å². The normalized spacial score (nSPS) is 13.1. The van der Waals surface area contributed by atoms with E-state index in [2.05, 4.69) is 4.98 Å². The van der Waals surface area contributed by atoms with E-state index in [0.29, 0.717) is 53.9 Å². The van der Waals surface area contributed by atoms with Crippen molar-refractivity contribution in [3.63, 3.8) is 0 Å². The number of pyridine rings is 3. The first-order valence-electron chi connectivity index (χ1n) is 12.0. The van der Waals surface area contributed by atoms with E-state index < -0.39 is 0 Å². The molecule has 0 bridgehead atoms. The van der Waals surface area contributed by atoms with E-state index in [4.69, 9.17) is 9.47 Å². The van der Waals surface area contributed by atoms with Gasteiger partial charge in [0.15, 0.2) is 11.5 Å². The summed E-state index contributed by atoms with van der Waals surface area (Å²) in [6, 6.07) is 19.2. The molecule has 0 unspecified atom stereocenters. The van der Waals surface area contributed by atoms with Crippen LogP contribution in [0.25, 0.3) is 21.8 Å². The lowest BCUT2D eigenvalue weighted by atomic mass is 10.1. The summed E-state index contributed by atoms with van der Waals surface area (Å²) in [6.07, 6.45) is 4.33. The average Bonchev–Trinajstić information content (AvgIpc) is 3.13. The molecule has 7 nitrogen and oxygen atoms in total. The zero-order valence-electron chi connectivity index (χ0n) is 19.9. The van der Waals surface area contributed by atoms with Crippen LogP contribution in [0.1, 0.15) is 23.1 Å². The largest absolute Gasteiger partial charge is 0.490 e. The first-order valence-corrected chi connectivity index (χ1v) is 12.0. The summed E-state index contributed by atoms with van der Waals surface area (Å²) in [5.74, 6) is 1.42. The second kappa shape index (κ2) is 9.00. The Morgan fingerprint density at radius 2 is 1.31 bits per heavy atom. The molecular weight excluding hydrogens is 454 g/mol. The molecule has 6 rings (SSSR count). The van der Waals surface area contributed by atoms with Gasteiger partial charge in [0, 0.05) is 18.8 Å². The topological polar surface area (TPSA) is 75.3 Å². The molecule has 1 aliphatic heterocycles. The second-order valence-corrected chi connectivity index (χ2v) is 9.17. The standard InChI is InChI=1S/C29H25N3O4/c1-19-3-5-20(6-4-19)17-31-11-9-24-22(28(31)33)16-23-25(30-24)10-12-32(29(23)34)18-21-7-8-26-27(15-21)36-14-2-13-35-26/h3-12,15-16H,2,13-14,17-18H2,1H3. The highest BCUT2D eigenvalue weighted by Gasteiger charge is 2.13. The molecule has 0 amide bonds. The molecular formula is C29H25N3O4. The number of fused-ring (bicyclic) bond motifs is 3. The Morgan fingerprint density at radius 1 is 0.722 bits per heavy atom. The number of hydrogen-bond acceptors (Lipinski definition) is 5. The van der Waals surface area contributed by atoms with Crippen molar-refractivity contribution in [1.29, 1.82) is 0 Å². The van der Waals surface area contributed by atoms with Crippen LogP contribution in [0, 0.1) is 6.92 Å². The third-order valence-corrected chi connectivity index (χ3v) is 6.53. The Bertz CT molecular complexity index is 1720. The molecule has 0 spiro atoms. The van der Waals surface area contributed by atoms with Gasteiger partial charge in [0.1, 0.15) is 0 Å². The van der Waals surface area contributed by atoms with Crippen LogP contribution in [0.2, 0.25) is 0 Å². The highest BCUT2D eigenvalue weighted by atomic mass is 16.5. The monoisotopic (exact) mass is 479 g/mol. The predicted octanol–water partition coefficient (Wildman–Crippen LogP) is 4.28.